The average molecular weight is 223 g/mol. The molecule has 0 aliphatic carbocycles. The molecule has 0 aliphatic heterocycles. The number of hydrogen-bond acceptors (Lipinski definition) is 2. The molecule has 0 aromatic heterocycles. The number of hydrazine groups is 1. The van der Waals surface area contributed by atoms with E-state index in [2.05, 4.69) is 30.8 Å². The Balaban J connectivity index is 2.90. The van der Waals surface area contributed by atoms with E-state index in [1.807, 2.05) is 12.1 Å². The number of benzene rings is 1. The number of hydrogen-bond donors (Lipinski definition) is 3. The fourth-order valence-corrected chi connectivity index (χ4v) is 1.68. The van der Waals surface area contributed by atoms with Crippen LogP contribution in [0.15, 0.2) is 18.2 Å². The number of aryl methyl sites for hydroxylation is 1. The lowest BCUT2D eigenvalue weighted by molar-refractivity contribution is 1.02. The van der Waals surface area contributed by atoms with E-state index in [1.54, 1.807) is 0 Å². The maximum atomic E-state index is 5.36. The van der Waals surface area contributed by atoms with Crippen LogP contribution in [0.5, 0.6) is 0 Å². The fourth-order valence-electron chi connectivity index (χ4n) is 1.63. The van der Waals surface area contributed by atoms with E-state index in [0.717, 1.165) is 18.5 Å². The molecule has 1 aromatic rings. The third kappa shape index (κ3) is 3.09. The first-order chi connectivity index (χ1) is 7.19. The van der Waals surface area contributed by atoms with Crippen LogP contribution in [0.1, 0.15) is 25.0 Å². The molecule has 0 heterocycles. The summed E-state index contributed by atoms with van der Waals surface area (Å²) in [6, 6.07) is 6.19. The minimum Gasteiger partial charge on any atom is -0.375 e. The van der Waals surface area contributed by atoms with Crippen molar-refractivity contribution in [2.24, 2.45) is 5.73 Å². The second kappa shape index (κ2) is 5.56. The van der Waals surface area contributed by atoms with E-state index in [1.165, 1.54) is 11.1 Å². The molecule has 0 fully saturated rings. The van der Waals surface area contributed by atoms with Gasteiger partial charge in [0.15, 0.2) is 5.11 Å². The molecule has 1 aromatic carbocycles. The lowest BCUT2D eigenvalue weighted by Gasteiger charge is -2.14. The van der Waals surface area contributed by atoms with Crippen LogP contribution in [0.25, 0.3) is 0 Å². The summed E-state index contributed by atoms with van der Waals surface area (Å²) in [5, 5.41) is 0.249. The molecule has 0 unspecified atom stereocenters. The summed E-state index contributed by atoms with van der Waals surface area (Å²) in [7, 11) is 0. The summed E-state index contributed by atoms with van der Waals surface area (Å²) < 4.78 is 0. The highest BCUT2D eigenvalue weighted by molar-refractivity contribution is 7.80. The minimum atomic E-state index is 0.249. The Labute approximate surface area is 96.0 Å². The highest BCUT2D eigenvalue weighted by Crippen LogP contribution is 2.20. The van der Waals surface area contributed by atoms with Gasteiger partial charge in [0.2, 0.25) is 0 Å². The van der Waals surface area contributed by atoms with Crippen LogP contribution in [-0.2, 0) is 12.8 Å². The van der Waals surface area contributed by atoms with Gasteiger partial charge >= 0.3 is 0 Å². The molecule has 4 heteroatoms. The first-order valence-electron chi connectivity index (χ1n) is 5.11. The van der Waals surface area contributed by atoms with E-state index in [-0.39, 0.29) is 5.11 Å². The molecule has 3 nitrogen and oxygen atoms in total. The van der Waals surface area contributed by atoms with Gasteiger partial charge in [-0.1, -0.05) is 26.0 Å². The molecule has 4 N–H and O–H groups in total. The van der Waals surface area contributed by atoms with Crippen molar-refractivity contribution in [3.63, 3.8) is 0 Å². The number of anilines is 1. The lowest BCUT2D eigenvalue weighted by Crippen LogP contribution is -2.34. The van der Waals surface area contributed by atoms with Crippen LogP contribution >= 0.6 is 12.2 Å². The highest BCUT2D eigenvalue weighted by atomic mass is 32.1. The van der Waals surface area contributed by atoms with Crippen molar-refractivity contribution < 1.29 is 0 Å². The van der Waals surface area contributed by atoms with Gasteiger partial charge in [-0.3, -0.25) is 10.9 Å². The predicted molar refractivity (Wildman–Crippen MR) is 68.7 cm³/mol. The van der Waals surface area contributed by atoms with E-state index in [4.69, 9.17) is 18.0 Å². The quantitative estimate of drug-likeness (QED) is 0.539. The fraction of sp³-hybridized carbons (Fsp3) is 0.364. The molecular weight excluding hydrogens is 206 g/mol. The summed E-state index contributed by atoms with van der Waals surface area (Å²) in [4.78, 5) is 0. The van der Waals surface area contributed by atoms with Gasteiger partial charge in [-0.05, 0) is 42.3 Å². The lowest BCUT2D eigenvalue weighted by atomic mass is 10.0. The molecule has 0 spiro atoms. The molecule has 0 saturated heterocycles. The SMILES string of the molecule is CCc1cccc(NNC(N)=S)c1CC. The van der Waals surface area contributed by atoms with Crippen molar-refractivity contribution in [1.29, 1.82) is 0 Å². The molecule has 0 atom stereocenters. The van der Waals surface area contributed by atoms with E-state index in [9.17, 15) is 0 Å². The standard InChI is InChI=1S/C11H17N3S/c1-3-8-6-5-7-10(9(8)4-2)13-14-11(12)15/h5-7,13H,3-4H2,1-2H3,(H3,12,14,15). The molecule has 0 aliphatic rings. The van der Waals surface area contributed by atoms with Gasteiger partial charge in [-0.15, -0.1) is 0 Å². The zero-order valence-electron chi connectivity index (χ0n) is 9.13. The van der Waals surface area contributed by atoms with Crippen LogP contribution in [0, 0.1) is 0 Å². The van der Waals surface area contributed by atoms with Crippen LogP contribution in [-0.4, -0.2) is 5.11 Å². The van der Waals surface area contributed by atoms with Crippen LogP contribution in [0.2, 0.25) is 0 Å². The number of nitrogens with one attached hydrogen (secondary N) is 2. The van der Waals surface area contributed by atoms with Gasteiger partial charge < -0.3 is 5.73 Å². The van der Waals surface area contributed by atoms with Crippen molar-refractivity contribution in [3.05, 3.63) is 29.3 Å². The van der Waals surface area contributed by atoms with E-state index in [0.29, 0.717) is 0 Å². The molecule has 0 saturated carbocycles. The van der Waals surface area contributed by atoms with Gasteiger partial charge in [-0.25, -0.2) is 0 Å². The summed E-state index contributed by atoms with van der Waals surface area (Å²) in [5.41, 5.74) is 14.8. The van der Waals surface area contributed by atoms with Gasteiger partial charge in [0.05, 0.1) is 5.69 Å². The largest absolute Gasteiger partial charge is 0.375 e. The summed E-state index contributed by atoms with van der Waals surface area (Å²) in [5.74, 6) is 0. The van der Waals surface area contributed by atoms with Gasteiger partial charge in [0, 0.05) is 0 Å². The zero-order chi connectivity index (χ0) is 11.3. The molecule has 0 bridgehead atoms. The smallest absolute Gasteiger partial charge is 0.182 e. The van der Waals surface area contributed by atoms with Gasteiger partial charge in [-0.2, -0.15) is 0 Å². The first-order valence-corrected chi connectivity index (χ1v) is 5.52. The third-order valence-electron chi connectivity index (χ3n) is 2.33. The first kappa shape index (κ1) is 11.8. The molecule has 1 rings (SSSR count). The molecule has 0 amide bonds. The Morgan fingerprint density at radius 3 is 2.60 bits per heavy atom. The summed E-state index contributed by atoms with van der Waals surface area (Å²) >= 11 is 4.74. The second-order valence-electron chi connectivity index (χ2n) is 3.26. The van der Waals surface area contributed by atoms with Gasteiger partial charge in [0.1, 0.15) is 0 Å². The second-order valence-corrected chi connectivity index (χ2v) is 3.70. The maximum absolute atomic E-state index is 5.36. The van der Waals surface area contributed by atoms with Crippen molar-refractivity contribution in [3.8, 4) is 0 Å². The molecular formula is C11H17N3S. The topological polar surface area (TPSA) is 50.1 Å². The molecule has 15 heavy (non-hydrogen) atoms. The Bertz CT molecular complexity index is 350. The molecule has 82 valence electrons. The Hall–Kier alpha value is -1.29. The minimum absolute atomic E-state index is 0.249. The van der Waals surface area contributed by atoms with Crippen LogP contribution < -0.4 is 16.6 Å². The van der Waals surface area contributed by atoms with E-state index >= 15 is 0 Å². The number of thiocarbonyl (C=S) groups is 1. The van der Waals surface area contributed by atoms with Crippen molar-refractivity contribution in [2.75, 3.05) is 5.43 Å². The third-order valence-corrected chi connectivity index (χ3v) is 2.43. The number of rotatable bonds is 4. The van der Waals surface area contributed by atoms with Crippen molar-refractivity contribution in [2.45, 2.75) is 26.7 Å². The zero-order valence-corrected chi connectivity index (χ0v) is 9.95. The van der Waals surface area contributed by atoms with Crippen molar-refractivity contribution >= 4 is 23.0 Å². The van der Waals surface area contributed by atoms with Gasteiger partial charge in [0.25, 0.3) is 0 Å². The normalized spacial score (nSPS) is 9.73. The average Bonchev–Trinajstić information content (AvgIpc) is 2.25. The number of nitrogens with two attached hydrogens (primary N) is 1. The maximum Gasteiger partial charge on any atom is 0.182 e. The Morgan fingerprint density at radius 2 is 2.07 bits per heavy atom. The highest BCUT2D eigenvalue weighted by Gasteiger charge is 2.04. The summed E-state index contributed by atoms with van der Waals surface area (Å²) in [6.45, 7) is 4.29. The van der Waals surface area contributed by atoms with Crippen LogP contribution in [0.4, 0.5) is 5.69 Å². The van der Waals surface area contributed by atoms with Crippen molar-refractivity contribution in [1.82, 2.24) is 5.43 Å². The Kier molecular flexibility index (Phi) is 4.37. The molecule has 0 radical (unpaired) electrons. The predicted octanol–water partition coefficient (Wildman–Crippen LogP) is 1.97. The monoisotopic (exact) mass is 223 g/mol. The summed E-state index contributed by atoms with van der Waals surface area (Å²) in [6.07, 6.45) is 2.02. The van der Waals surface area contributed by atoms with E-state index < -0.39 is 0 Å². The Morgan fingerprint density at radius 1 is 1.33 bits per heavy atom. The van der Waals surface area contributed by atoms with Crippen LogP contribution in [0.3, 0.4) is 0 Å².